The van der Waals surface area contributed by atoms with Crippen molar-refractivity contribution in [3.8, 4) is 0 Å². The van der Waals surface area contributed by atoms with E-state index in [9.17, 15) is 34.5 Å². The molecule has 6 unspecified atom stereocenters. The molecular weight excluding hydrogens is 973 g/mol. The molecule has 0 radical (unpaired) electrons. The number of esters is 3. The van der Waals surface area contributed by atoms with Crippen molar-refractivity contribution in [3.63, 3.8) is 0 Å². The predicted octanol–water partition coefficient (Wildman–Crippen LogP) is 16.1. The van der Waals surface area contributed by atoms with Crippen molar-refractivity contribution in [1.29, 1.82) is 0 Å². The number of carbonyl (C=O) groups is 4. The fourth-order valence-electron chi connectivity index (χ4n) is 9.04. The van der Waals surface area contributed by atoms with E-state index >= 15 is 0 Å². The molecule has 442 valence electrons. The van der Waals surface area contributed by atoms with Crippen molar-refractivity contribution < 1.29 is 58.2 Å². The number of aliphatic carboxylic acids is 1. The SMILES string of the molecule is CC/C=C\C/C=C\C/C=C\C/C=C\CCCCCCC(=O)OCC(COC1OC(C(=O)O)C(O)C(O)C1OC(=O)CCCCCCCCCCC/C=C\C/C=C\CCCCC)OC(=O)CCCCCCCCCCCCC. The average Bonchev–Trinajstić information content (AvgIpc) is 3.41. The highest BCUT2D eigenvalue weighted by atomic mass is 16.7. The lowest BCUT2D eigenvalue weighted by Crippen LogP contribution is -2.61. The molecule has 0 aromatic rings. The van der Waals surface area contributed by atoms with Gasteiger partial charge < -0.3 is 39.0 Å². The normalized spacial score (nSPS) is 18.5. The van der Waals surface area contributed by atoms with E-state index in [2.05, 4.69) is 93.7 Å². The minimum atomic E-state index is -1.91. The number of ether oxygens (including phenoxy) is 5. The summed E-state index contributed by atoms with van der Waals surface area (Å²) in [4.78, 5) is 51.2. The molecule has 6 atom stereocenters. The fourth-order valence-corrected chi connectivity index (χ4v) is 9.04. The number of aliphatic hydroxyl groups is 2. The highest BCUT2D eigenvalue weighted by molar-refractivity contribution is 5.74. The van der Waals surface area contributed by atoms with Crippen LogP contribution >= 0.6 is 0 Å². The number of carbonyl (C=O) groups excluding carboxylic acids is 3. The lowest BCUT2D eigenvalue weighted by Gasteiger charge is -2.40. The first-order valence-corrected chi connectivity index (χ1v) is 30.9. The van der Waals surface area contributed by atoms with Gasteiger partial charge in [0.25, 0.3) is 0 Å². The Labute approximate surface area is 468 Å². The van der Waals surface area contributed by atoms with Crippen LogP contribution in [0.5, 0.6) is 0 Å². The maximum absolute atomic E-state index is 13.1. The van der Waals surface area contributed by atoms with Gasteiger partial charge in [0.15, 0.2) is 24.6 Å². The minimum absolute atomic E-state index is 0.0527. The van der Waals surface area contributed by atoms with Gasteiger partial charge in [0.1, 0.15) is 18.8 Å². The molecule has 0 spiro atoms. The van der Waals surface area contributed by atoms with Crippen molar-refractivity contribution >= 4 is 23.9 Å². The number of hydrogen-bond acceptors (Lipinski definition) is 11. The molecule has 1 heterocycles. The first-order chi connectivity index (χ1) is 37.6. The molecule has 1 aliphatic heterocycles. The number of hydrogen-bond donors (Lipinski definition) is 3. The summed E-state index contributed by atoms with van der Waals surface area (Å²) in [6.07, 6.45) is 54.4. The molecule has 3 N–H and O–H groups in total. The van der Waals surface area contributed by atoms with Crippen LogP contribution in [0.15, 0.2) is 72.9 Å². The Morgan fingerprint density at radius 3 is 1.27 bits per heavy atom. The molecule has 0 aromatic carbocycles. The van der Waals surface area contributed by atoms with Gasteiger partial charge in [-0.2, -0.15) is 0 Å². The van der Waals surface area contributed by atoms with E-state index in [0.717, 1.165) is 109 Å². The second kappa shape index (κ2) is 52.8. The van der Waals surface area contributed by atoms with Crippen LogP contribution < -0.4 is 0 Å². The van der Waals surface area contributed by atoms with Gasteiger partial charge in [0, 0.05) is 19.3 Å². The maximum Gasteiger partial charge on any atom is 0.335 e. The standard InChI is InChI=1S/C65H110O12/c1-4-7-10-13-16-19-22-24-26-28-29-31-33-35-38-41-44-47-50-53-59(68)76-63-61(70)60(69)62(64(71)72)77-65(63)74-55-56(75-58(67)52-49-46-43-40-36-21-18-15-12-9-6-3)54-73-57(66)51-48-45-42-39-37-34-32-30-27-25-23-20-17-14-11-8-5-2/h8,11,16-17,19-20,24-27,32,34,56,60-63,65,69-70H,4-7,9-10,12-15,18,21-23,28-31,33,35-55H2,1-3H3,(H,71,72)/b11-8-,19-16-,20-17-,26-24-,27-25-,34-32-. The summed E-state index contributed by atoms with van der Waals surface area (Å²) in [7, 11) is 0. The summed E-state index contributed by atoms with van der Waals surface area (Å²) in [6.45, 7) is 5.84. The lowest BCUT2D eigenvalue weighted by atomic mass is 9.98. The van der Waals surface area contributed by atoms with Crippen LogP contribution in [0.25, 0.3) is 0 Å². The molecule has 1 saturated heterocycles. The van der Waals surface area contributed by atoms with Gasteiger partial charge in [0.05, 0.1) is 6.61 Å². The number of carboxylic acid groups (broad SMARTS) is 1. The monoisotopic (exact) mass is 1080 g/mol. The van der Waals surface area contributed by atoms with Crippen LogP contribution in [0.4, 0.5) is 0 Å². The topological polar surface area (TPSA) is 175 Å². The van der Waals surface area contributed by atoms with Crippen molar-refractivity contribution in [2.45, 2.75) is 302 Å². The van der Waals surface area contributed by atoms with E-state index in [1.54, 1.807) is 0 Å². The largest absolute Gasteiger partial charge is 0.479 e. The maximum atomic E-state index is 13.1. The van der Waals surface area contributed by atoms with E-state index in [1.165, 1.54) is 96.3 Å². The molecule has 0 amide bonds. The van der Waals surface area contributed by atoms with Gasteiger partial charge >= 0.3 is 23.9 Å². The minimum Gasteiger partial charge on any atom is -0.479 e. The first kappa shape index (κ1) is 71.2. The molecule has 0 aromatic heterocycles. The summed E-state index contributed by atoms with van der Waals surface area (Å²) >= 11 is 0. The third-order valence-electron chi connectivity index (χ3n) is 13.8. The molecule has 1 aliphatic rings. The van der Waals surface area contributed by atoms with E-state index in [4.69, 9.17) is 23.7 Å². The number of rotatable bonds is 52. The third-order valence-corrected chi connectivity index (χ3v) is 13.8. The lowest BCUT2D eigenvalue weighted by molar-refractivity contribution is -0.301. The highest BCUT2D eigenvalue weighted by Crippen LogP contribution is 2.26. The molecular formula is C65H110O12. The Morgan fingerprint density at radius 1 is 0.442 bits per heavy atom. The predicted molar refractivity (Wildman–Crippen MR) is 312 cm³/mol. The van der Waals surface area contributed by atoms with E-state index in [-0.39, 0.29) is 25.9 Å². The number of unbranched alkanes of at least 4 members (excludes halogenated alkanes) is 26. The second-order valence-corrected chi connectivity index (χ2v) is 21.0. The van der Waals surface area contributed by atoms with Crippen molar-refractivity contribution in [2.24, 2.45) is 0 Å². The summed E-state index contributed by atoms with van der Waals surface area (Å²) in [6, 6.07) is 0. The van der Waals surface area contributed by atoms with Crippen molar-refractivity contribution in [3.05, 3.63) is 72.9 Å². The van der Waals surface area contributed by atoms with Gasteiger partial charge in [-0.1, -0.05) is 229 Å². The van der Waals surface area contributed by atoms with E-state index in [1.807, 2.05) is 0 Å². The van der Waals surface area contributed by atoms with Crippen LogP contribution in [-0.4, -0.2) is 89.2 Å². The molecule has 77 heavy (non-hydrogen) atoms. The highest BCUT2D eigenvalue weighted by Gasteiger charge is 2.50. The average molecular weight is 1080 g/mol. The molecule has 0 bridgehead atoms. The molecule has 12 nitrogen and oxygen atoms in total. The van der Waals surface area contributed by atoms with Gasteiger partial charge in [-0.15, -0.1) is 0 Å². The quantitative estimate of drug-likeness (QED) is 0.0228. The molecule has 0 aliphatic carbocycles. The van der Waals surface area contributed by atoms with Crippen LogP contribution in [0.3, 0.4) is 0 Å². The molecule has 12 heteroatoms. The number of carboxylic acids is 1. The third kappa shape index (κ3) is 42.7. The van der Waals surface area contributed by atoms with Crippen molar-refractivity contribution in [2.75, 3.05) is 13.2 Å². The van der Waals surface area contributed by atoms with Gasteiger partial charge in [0.2, 0.25) is 0 Å². The summed E-state index contributed by atoms with van der Waals surface area (Å²) in [5, 5.41) is 31.5. The second-order valence-electron chi connectivity index (χ2n) is 21.0. The van der Waals surface area contributed by atoms with Gasteiger partial charge in [-0.3, -0.25) is 14.4 Å². The smallest absolute Gasteiger partial charge is 0.335 e. The Bertz CT molecular complexity index is 1620. The number of aliphatic hydroxyl groups excluding tert-OH is 2. The van der Waals surface area contributed by atoms with Crippen LogP contribution in [0.2, 0.25) is 0 Å². The Kier molecular flexibility index (Phi) is 48.8. The molecule has 1 fully saturated rings. The first-order valence-electron chi connectivity index (χ1n) is 30.9. The summed E-state index contributed by atoms with van der Waals surface area (Å²) in [5.74, 6) is -3.15. The fraction of sp³-hybridized carbons (Fsp3) is 0.754. The van der Waals surface area contributed by atoms with Gasteiger partial charge in [-0.05, 0) is 89.9 Å². The zero-order valence-corrected chi connectivity index (χ0v) is 48.7. The van der Waals surface area contributed by atoms with Crippen molar-refractivity contribution in [1.82, 2.24) is 0 Å². The van der Waals surface area contributed by atoms with Crippen LogP contribution in [0.1, 0.15) is 265 Å². The number of allylic oxidation sites excluding steroid dienone is 12. The Balaban J connectivity index is 2.65. The van der Waals surface area contributed by atoms with Crippen LogP contribution in [0, 0.1) is 0 Å². The summed E-state index contributed by atoms with van der Waals surface area (Å²) in [5.41, 5.74) is 0. The van der Waals surface area contributed by atoms with Crippen LogP contribution in [-0.2, 0) is 42.9 Å². The zero-order valence-electron chi connectivity index (χ0n) is 48.7. The zero-order chi connectivity index (χ0) is 56.1. The Morgan fingerprint density at radius 2 is 0.818 bits per heavy atom. The van der Waals surface area contributed by atoms with Gasteiger partial charge in [-0.25, -0.2) is 4.79 Å². The molecule has 0 saturated carbocycles. The van der Waals surface area contributed by atoms with E-state index in [0.29, 0.717) is 19.3 Å². The molecule has 1 rings (SSSR count). The Hall–Kier alpha value is -3.84. The van der Waals surface area contributed by atoms with E-state index < -0.39 is 67.3 Å². The summed E-state index contributed by atoms with van der Waals surface area (Å²) < 4.78 is 28.4.